The largest absolute Gasteiger partial charge is 0.387 e. The van der Waals surface area contributed by atoms with Gasteiger partial charge in [-0.1, -0.05) is 23.7 Å². The molecule has 11 heteroatoms. The van der Waals surface area contributed by atoms with Gasteiger partial charge in [0.05, 0.1) is 29.4 Å². The zero-order chi connectivity index (χ0) is 28.7. The Labute approximate surface area is 241 Å². The summed E-state index contributed by atoms with van der Waals surface area (Å²) in [5.74, 6) is -2.79. The molecule has 1 atom stereocenters. The van der Waals surface area contributed by atoms with E-state index in [9.17, 15) is 9.90 Å². The smallest absolute Gasteiger partial charge is 0.285 e. The summed E-state index contributed by atoms with van der Waals surface area (Å²) in [6.07, 6.45) is 3.06. The first-order valence-corrected chi connectivity index (χ1v) is 14.3. The highest BCUT2D eigenvalue weighted by Crippen LogP contribution is 2.35. The molecule has 2 aromatic heterocycles. The van der Waals surface area contributed by atoms with Crippen molar-refractivity contribution in [2.45, 2.75) is 37.8 Å². The van der Waals surface area contributed by atoms with E-state index in [2.05, 4.69) is 25.2 Å². The topological polar surface area (TPSA) is 100 Å². The zero-order valence-electron chi connectivity index (χ0n) is 22.8. The normalized spacial score (nSPS) is 17.7. The molecule has 4 aromatic rings. The number of aliphatic hydroxyl groups excluding tert-OH is 1. The molecule has 0 amide bonds. The summed E-state index contributed by atoms with van der Waals surface area (Å²) in [6.45, 7) is 4.47. The van der Waals surface area contributed by atoms with Crippen LogP contribution in [0.25, 0.3) is 22.4 Å². The maximum atomic E-state index is 15.5. The molecular formula is C30H33ClF2N6O2. The maximum absolute atomic E-state index is 15.5. The minimum absolute atomic E-state index is 0.0766. The number of aromatic nitrogens is 3. The van der Waals surface area contributed by atoms with Crippen LogP contribution in [0.15, 0.2) is 53.5 Å². The molecule has 2 fully saturated rings. The Morgan fingerprint density at radius 2 is 1.95 bits per heavy atom. The average Bonchev–Trinajstić information content (AvgIpc) is 3.70. The van der Waals surface area contributed by atoms with Gasteiger partial charge in [0, 0.05) is 55.5 Å². The van der Waals surface area contributed by atoms with Gasteiger partial charge in [-0.15, -0.1) is 0 Å². The molecular weight excluding hydrogens is 550 g/mol. The minimum atomic E-state index is -3.04. The number of aromatic amines is 2. The molecule has 1 saturated carbocycles. The summed E-state index contributed by atoms with van der Waals surface area (Å²) in [5.41, 5.74) is 2.37. The van der Waals surface area contributed by atoms with E-state index in [0.29, 0.717) is 52.0 Å². The minimum Gasteiger partial charge on any atom is -0.387 e. The summed E-state index contributed by atoms with van der Waals surface area (Å²) in [5, 5.41) is 14.3. The molecule has 6 rings (SSSR count). The molecule has 41 heavy (non-hydrogen) atoms. The van der Waals surface area contributed by atoms with E-state index >= 15 is 8.78 Å². The number of hydrogen-bond acceptors (Lipinski definition) is 6. The van der Waals surface area contributed by atoms with Crippen molar-refractivity contribution in [3.05, 3.63) is 80.7 Å². The third-order valence-electron chi connectivity index (χ3n) is 8.01. The molecule has 2 aliphatic rings. The number of nitrogens with zero attached hydrogens (tertiary/aromatic N) is 3. The van der Waals surface area contributed by atoms with Gasteiger partial charge in [-0.25, -0.2) is 4.98 Å². The highest BCUT2D eigenvalue weighted by atomic mass is 35.5. The number of fused-ring (bicyclic) bond motifs is 1. The number of alkyl halides is 2. The number of rotatable bonds is 9. The quantitative estimate of drug-likeness (QED) is 0.224. The second kappa shape index (κ2) is 11.2. The zero-order valence-corrected chi connectivity index (χ0v) is 23.5. The first kappa shape index (κ1) is 27.8. The van der Waals surface area contributed by atoms with Crippen molar-refractivity contribution < 1.29 is 13.9 Å². The van der Waals surface area contributed by atoms with Crippen LogP contribution in [0.5, 0.6) is 0 Å². The lowest BCUT2D eigenvalue weighted by atomic mass is 10.0. The molecule has 0 spiro atoms. The highest BCUT2D eigenvalue weighted by Gasteiger charge is 2.37. The average molecular weight is 583 g/mol. The van der Waals surface area contributed by atoms with Crippen LogP contribution in [0.3, 0.4) is 0 Å². The number of piperazine rings is 1. The van der Waals surface area contributed by atoms with Crippen LogP contribution in [0.2, 0.25) is 5.02 Å². The number of halogens is 3. The third kappa shape index (κ3) is 6.01. The van der Waals surface area contributed by atoms with E-state index in [1.807, 2.05) is 4.90 Å². The summed E-state index contributed by atoms with van der Waals surface area (Å²) in [7, 11) is 0. The Hall–Kier alpha value is -3.31. The van der Waals surface area contributed by atoms with Crippen LogP contribution in [-0.4, -0.2) is 75.2 Å². The van der Waals surface area contributed by atoms with Gasteiger partial charge in [0.25, 0.3) is 11.5 Å². The van der Waals surface area contributed by atoms with Crippen molar-refractivity contribution in [3.8, 4) is 11.4 Å². The van der Waals surface area contributed by atoms with Crippen LogP contribution < -0.4 is 10.9 Å². The Morgan fingerprint density at radius 3 is 2.68 bits per heavy atom. The molecule has 1 aliphatic heterocycles. The van der Waals surface area contributed by atoms with Gasteiger partial charge >= 0.3 is 0 Å². The molecule has 0 radical (unpaired) electrons. The number of aliphatic hydroxyl groups is 1. The summed E-state index contributed by atoms with van der Waals surface area (Å²) in [4.78, 5) is 27.5. The Morgan fingerprint density at radius 1 is 1.17 bits per heavy atom. The lowest BCUT2D eigenvalue weighted by molar-refractivity contribution is -0.0476. The van der Waals surface area contributed by atoms with Gasteiger partial charge in [-0.3, -0.25) is 14.6 Å². The van der Waals surface area contributed by atoms with Crippen molar-refractivity contribution >= 4 is 28.3 Å². The van der Waals surface area contributed by atoms with E-state index in [0.717, 1.165) is 13.1 Å². The molecule has 1 saturated heterocycles. The molecule has 3 heterocycles. The van der Waals surface area contributed by atoms with Crippen molar-refractivity contribution in [3.63, 3.8) is 0 Å². The van der Waals surface area contributed by atoms with Crippen LogP contribution in [-0.2, 0) is 5.92 Å². The molecule has 1 aliphatic carbocycles. The van der Waals surface area contributed by atoms with E-state index in [1.165, 1.54) is 31.2 Å². The SMILES string of the molecule is Cc1cc(C(F)(F)CN2CCN(C3CC3)CC2)cc2[nH]c(-c3c(NC[C@H](O)c4cccc(Cl)c4)cc[nH]c3=O)nc12. The molecule has 8 nitrogen and oxygen atoms in total. The Kier molecular flexibility index (Phi) is 7.58. The number of pyridine rings is 1. The van der Waals surface area contributed by atoms with Gasteiger partial charge in [0.15, 0.2) is 0 Å². The second-order valence-electron chi connectivity index (χ2n) is 11.1. The monoisotopic (exact) mass is 582 g/mol. The van der Waals surface area contributed by atoms with E-state index in [-0.39, 0.29) is 30.0 Å². The van der Waals surface area contributed by atoms with E-state index in [1.54, 1.807) is 37.3 Å². The summed E-state index contributed by atoms with van der Waals surface area (Å²) in [6, 6.07) is 12.2. The number of aryl methyl sites for hydroxylation is 1. The first-order chi connectivity index (χ1) is 19.7. The molecule has 0 bridgehead atoms. The number of nitrogens with one attached hydrogen (secondary N) is 3. The number of anilines is 1. The van der Waals surface area contributed by atoms with Crippen molar-refractivity contribution in [2.24, 2.45) is 0 Å². The predicted octanol–water partition coefficient (Wildman–Crippen LogP) is 4.90. The first-order valence-electron chi connectivity index (χ1n) is 13.9. The van der Waals surface area contributed by atoms with Crippen molar-refractivity contribution in [2.75, 3.05) is 44.6 Å². The fourth-order valence-electron chi connectivity index (χ4n) is 5.62. The summed E-state index contributed by atoms with van der Waals surface area (Å²) >= 11 is 6.05. The van der Waals surface area contributed by atoms with Crippen molar-refractivity contribution in [1.29, 1.82) is 0 Å². The fourth-order valence-corrected chi connectivity index (χ4v) is 5.82. The van der Waals surface area contributed by atoms with Gasteiger partial charge in [0.2, 0.25) is 0 Å². The van der Waals surface area contributed by atoms with E-state index in [4.69, 9.17) is 11.6 Å². The molecule has 4 N–H and O–H groups in total. The van der Waals surface area contributed by atoms with Crippen molar-refractivity contribution in [1.82, 2.24) is 24.8 Å². The van der Waals surface area contributed by atoms with Gasteiger partial charge in [-0.2, -0.15) is 8.78 Å². The summed E-state index contributed by atoms with van der Waals surface area (Å²) < 4.78 is 31.1. The fraction of sp³-hybridized carbons (Fsp3) is 0.400. The maximum Gasteiger partial charge on any atom is 0.285 e. The number of H-pyrrole nitrogens is 2. The predicted molar refractivity (Wildman–Crippen MR) is 157 cm³/mol. The van der Waals surface area contributed by atoms with Gasteiger partial charge < -0.3 is 20.4 Å². The van der Waals surface area contributed by atoms with E-state index < -0.39 is 17.6 Å². The van der Waals surface area contributed by atoms with Crippen LogP contribution >= 0.6 is 11.6 Å². The third-order valence-corrected chi connectivity index (χ3v) is 8.24. The number of benzene rings is 2. The number of hydrogen-bond donors (Lipinski definition) is 4. The van der Waals surface area contributed by atoms with Crippen LogP contribution in [0.4, 0.5) is 14.5 Å². The van der Waals surface area contributed by atoms with Crippen LogP contribution in [0, 0.1) is 6.92 Å². The molecule has 216 valence electrons. The van der Waals surface area contributed by atoms with Crippen LogP contribution in [0.1, 0.15) is 35.6 Å². The van der Waals surface area contributed by atoms with Gasteiger partial charge in [-0.05, 0) is 61.2 Å². The Balaban J connectivity index is 1.23. The lowest BCUT2D eigenvalue weighted by Crippen LogP contribution is -2.49. The number of imidazole rings is 1. The van der Waals surface area contributed by atoms with Gasteiger partial charge in [0.1, 0.15) is 11.4 Å². The molecule has 0 unspecified atom stereocenters. The molecule has 2 aromatic carbocycles. The Bertz CT molecular complexity index is 1610. The lowest BCUT2D eigenvalue weighted by Gasteiger charge is -2.36. The standard InChI is InChI=1S/C30H33ClF2N6O2/c1-18-13-20(30(32,33)17-38-9-11-39(12-10-38)22-5-6-22)15-24-27(18)37-28(36-24)26-23(7-8-34-29(26)41)35-16-25(40)19-3-2-4-21(31)14-19/h2-4,7-8,13-15,22,25,40H,5-6,9-12,16-17H2,1H3,(H,36,37)(H2,34,35,41)/t25-/m0/s1. The highest BCUT2D eigenvalue weighted by molar-refractivity contribution is 6.30. The second-order valence-corrected chi connectivity index (χ2v) is 11.5.